The van der Waals surface area contributed by atoms with Crippen LogP contribution < -0.4 is 4.74 Å². The van der Waals surface area contributed by atoms with Crippen molar-refractivity contribution in [2.75, 3.05) is 13.2 Å². The van der Waals surface area contributed by atoms with Gasteiger partial charge in [-0.3, -0.25) is 14.8 Å². The van der Waals surface area contributed by atoms with Crippen molar-refractivity contribution in [1.29, 1.82) is 0 Å². The lowest BCUT2D eigenvalue weighted by Gasteiger charge is -2.35. The van der Waals surface area contributed by atoms with Gasteiger partial charge in [-0.2, -0.15) is 0 Å². The van der Waals surface area contributed by atoms with Crippen LogP contribution in [0.5, 0.6) is 5.75 Å². The van der Waals surface area contributed by atoms with Gasteiger partial charge in [0.1, 0.15) is 17.3 Å². The predicted molar refractivity (Wildman–Crippen MR) is 126 cm³/mol. The fourth-order valence-electron chi connectivity index (χ4n) is 4.90. The van der Waals surface area contributed by atoms with E-state index in [2.05, 4.69) is 20.0 Å². The number of rotatable bonds is 4. The Balaban J connectivity index is 1.39. The summed E-state index contributed by atoms with van der Waals surface area (Å²) in [6, 6.07) is 19.6. The van der Waals surface area contributed by atoms with Crippen LogP contribution in [0.4, 0.5) is 4.39 Å². The summed E-state index contributed by atoms with van der Waals surface area (Å²) in [5.74, 6) is 0.688. The topological polar surface area (TPSA) is 71.5 Å². The number of amides is 1. The van der Waals surface area contributed by atoms with E-state index in [4.69, 9.17) is 4.74 Å². The summed E-state index contributed by atoms with van der Waals surface area (Å²) >= 11 is 0. The van der Waals surface area contributed by atoms with Crippen molar-refractivity contribution in [3.05, 3.63) is 108 Å². The summed E-state index contributed by atoms with van der Waals surface area (Å²) in [5.41, 5.74) is 3.16. The number of hydrogen-bond acceptors (Lipinski definition) is 6. The number of ether oxygens (including phenoxy) is 1. The predicted octanol–water partition coefficient (Wildman–Crippen LogP) is 4.30. The molecular weight excluding hydrogens is 445 g/mol. The Morgan fingerprint density at radius 1 is 0.971 bits per heavy atom. The largest absolute Gasteiger partial charge is 0.493 e. The van der Waals surface area contributed by atoms with E-state index in [0.717, 1.165) is 16.7 Å². The fourth-order valence-corrected chi connectivity index (χ4v) is 4.90. The second kappa shape index (κ2) is 8.88. The highest BCUT2D eigenvalue weighted by molar-refractivity contribution is 5.92. The van der Waals surface area contributed by atoms with Crippen LogP contribution >= 0.6 is 0 Å². The van der Waals surface area contributed by atoms with Gasteiger partial charge in [0.2, 0.25) is 0 Å². The average Bonchev–Trinajstić information content (AvgIpc) is 3.27. The second-order valence-corrected chi connectivity index (χ2v) is 8.67. The first-order chi connectivity index (χ1) is 17.2. The molecule has 174 valence electrons. The van der Waals surface area contributed by atoms with Crippen molar-refractivity contribution < 1.29 is 13.9 Å². The van der Waals surface area contributed by atoms with E-state index in [1.807, 2.05) is 24.3 Å². The quantitative estimate of drug-likeness (QED) is 0.446. The van der Waals surface area contributed by atoms with E-state index < -0.39 is 0 Å². The highest BCUT2D eigenvalue weighted by Gasteiger charge is 2.47. The van der Waals surface area contributed by atoms with Crippen LogP contribution in [-0.2, 0) is 6.54 Å². The highest BCUT2D eigenvalue weighted by atomic mass is 19.1. The molecule has 1 saturated heterocycles. The third-order valence-electron chi connectivity index (χ3n) is 6.45. The molecule has 4 aromatic rings. The van der Waals surface area contributed by atoms with Gasteiger partial charge in [0.15, 0.2) is 5.82 Å². The van der Waals surface area contributed by atoms with Gasteiger partial charge < -0.3 is 4.74 Å². The van der Waals surface area contributed by atoms with Crippen molar-refractivity contribution in [3.63, 3.8) is 0 Å². The molecule has 7 nitrogen and oxygen atoms in total. The van der Waals surface area contributed by atoms with Gasteiger partial charge >= 0.3 is 0 Å². The molecule has 1 amide bonds. The molecule has 0 N–H and O–H groups in total. The van der Waals surface area contributed by atoms with Crippen LogP contribution in [0, 0.1) is 11.7 Å². The number of nitrogens with zero attached hydrogens (tertiary/aromatic N) is 5. The first-order valence-corrected chi connectivity index (χ1v) is 11.5. The maximum atomic E-state index is 13.9. The van der Waals surface area contributed by atoms with Crippen LogP contribution in [0.15, 0.2) is 85.3 Å². The van der Waals surface area contributed by atoms with Crippen LogP contribution in [0.1, 0.15) is 27.7 Å². The summed E-state index contributed by atoms with van der Waals surface area (Å²) in [4.78, 5) is 26.5. The Bertz CT molecular complexity index is 1370. The molecule has 4 heterocycles. The second-order valence-electron chi connectivity index (χ2n) is 8.67. The lowest BCUT2D eigenvalue weighted by Crippen LogP contribution is -2.42. The number of carbonyl (C=O) groups excluding carboxylic acids is 1. The summed E-state index contributed by atoms with van der Waals surface area (Å²) in [6.07, 6.45) is 5.04. The van der Waals surface area contributed by atoms with Gasteiger partial charge in [-0.1, -0.05) is 30.3 Å². The molecular formula is C27H22FN5O2. The number of pyridine rings is 1. The van der Waals surface area contributed by atoms with E-state index in [-0.39, 0.29) is 23.7 Å². The van der Waals surface area contributed by atoms with Gasteiger partial charge in [0.05, 0.1) is 12.6 Å². The molecule has 8 heteroatoms. The van der Waals surface area contributed by atoms with Crippen LogP contribution in [0.2, 0.25) is 0 Å². The van der Waals surface area contributed by atoms with Crippen LogP contribution in [0.25, 0.3) is 11.4 Å². The van der Waals surface area contributed by atoms with Gasteiger partial charge in [0, 0.05) is 54.8 Å². The monoisotopic (exact) mass is 467 g/mol. The third-order valence-corrected chi connectivity index (χ3v) is 6.45. The number of benzene rings is 2. The molecule has 1 fully saturated rings. The van der Waals surface area contributed by atoms with E-state index in [9.17, 15) is 9.18 Å². The number of hydrogen-bond donors (Lipinski definition) is 0. The van der Waals surface area contributed by atoms with Gasteiger partial charge in [-0.05, 0) is 35.9 Å². The Kier molecular flexibility index (Phi) is 5.42. The molecule has 0 spiro atoms. The summed E-state index contributed by atoms with van der Waals surface area (Å²) in [7, 11) is 0. The highest BCUT2D eigenvalue weighted by Crippen LogP contribution is 2.45. The Morgan fingerprint density at radius 3 is 2.66 bits per heavy atom. The fraction of sp³-hybridized carbons (Fsp3) is 0.185. The number of hydrazine groups is 1. The summed E-state index contributed by atoms with van der Waals surface area (Å²) in [6.45, 7) is 1.36. The standard InChI is InChI=1S/C27H22FN5O2/c28-21-8-9-22-24(14-21)35-17-20-16-33(27(34)23-7-1-2-10-29-23)32(25(20)22)15-18-5-3-6-19(13-18)26-30-11-4-12-31-26/h1-14,20,25H,15-17H2/t20-,25-/m1/s1. The summed E-state index contributed by atoms with van der Waals surface area (Å²) in [5, 5.41) is 3.82. The first kappa shape index (κ1) is 21.4. The third kappa shape index (κ3) is 4.02. The molecule has 2 aromatic heterocycles. The van der Waals surface area contributed by atoms with Crippen LogP contribution in [0.3, 0.4) is 0 Å². The van der Waals surface area contributed by atoms with E-state index in [1.54, 1.807) is 53.9 Å². The van der Waals surface area contributed by atoms with Crippen LogP contribution in [-0.4, -0.2) is 44.0 Å². The number of halogens is 1. The Labute approximate surface area is 201 Å². The maximum Gasteiger partial charge on any atom is 0.286 e. The van der Waals surface area contributed by atoms with Gasteiger partial charge in [-0.15, -0.1) is 0 Å². The normalized spacial score (nSPS) is 19.1. The number of aromatic nitrogens is 3. The van der Waals surface area contributed by atoms with Crippen molar-refractivity contribution >= 4 is 5.91 Å². The van der Waals surface area contributed by atoms with Crippen molar-refractivity contribution in [2.45, 2.75) is 12.6 Å². The zero-order valence-corrected chi connectivity index (χ0v) is 18.8. The molecule has 2 atom stereocenters. The minimum atomic E-state index is -0.344. The molecule has 0 radical (unpaired) electrons. The molecule has 2 aliphatic rings. The molecule has 35 heavy (non-hydrogen) atoms. The minimum absolute atomic E-state index is 0.0428. The van der Waals surface area contributed by atoms with E-state index in [1.165, 1.54) is 12.1 Å². The Hall–Kier alpha value is -4.17. The average molecular weight is 468 g/mol. The minimum Gasteiger partial charge on any atom is -0.493 e. The molecule has 6 rings (SSSR count). The zero-order chi connectivity index (χ0) is 23.8. The lowest BCUT2D eigenvalue weighted by atomic mass is 9.91. The number of fused-ring (bicyclic) bond motifs is 3. The van der Waals surface area contributed by atoms with E-state index in [0.29, 0.717) is 37.0 Å². The first-order valence-electron chi connectivity index (χ1n) is 11.5. The van der Waals surface area contributed by atoms with E-state index >= 15 is 0 Å². The lowest BCUT2D eigenvalue weighted by molar-refractivity contribution is -0.00637. The molecule has 0 bridgehead atoms. The zero-order valence-electron chi connectivity index (χ0n) is 18.8. The summed E-state index contributed by atoms with van der Waals surface area (Å²) < 4.78 is 19.8. The maximum absolute atomic E-state index is 13.9. The molecule has 2 aliphatic heterocycles. The molecule has 2 aromatic carbocycles. The number of carbonyl (C=O) groups is 1. The SMILES string of the molecule is O=C(c1ccccn1)N1C[C@@H]2COc3cc(F)ccc3[C@@H]2N1Cc1cccc(-c2ncccn2)c1. The molecule has 0 saturated carbocycles. The van der Waals surface area contributed by atoms with Crippen molar-refractivity contribution in [2.24, 2.45) is 5.92 Å². The van der Waals surface area contributed by atoms with Crippen molar-refractivity contribution in [1.82, 2.24) is 25.0 Å². The molecule has 0 aliphatic carbocycles. The Morgan fingerprint density at radius 2 is 1.83 bits per heavy atom. The molecule has 0 unspecified atom stereocenters. The smallest absolute Gasteiger partial charge is 0.286 e. The van der Waals surface area contributed by atoms with Gasteiger partial charge in [0.25, 0.3) is 5.91 Å². The van der Waals surface area contributed by atoms with Crippen molar-refractivity contribution in [3.8, 4) is 17.1 Å². The van der Waals surface area contributed by atoms with Gasteiger partial charge in [-0.25, -0.2) is 19.4 Å².